The lowest BCUT2D eigenvalue weighted by atomic mass is 9.74. The summed E-state index contributed by atoms with van der Waals surface area (Å²) in [6.45, 7) is 9.25. The number of hydrogen-bond acceptors (Lipinski definition) is 4. The maximum absolute atomic E-state index is 10.5. The SMILES string of the molecule is Cn1c(CN2CCC(C(C)(C)C)C(O)C2)nnc1C1CCC1. The second-order valence-corrected chi connectivity index (χ2v) is 8.22. The van der Waals surface area contributed by atoms with Gasteiger partial charge in [0.25, 0.3) is 0 Å². The molecule has 2 fully saturated rings. The van der Waals surface area contributed by atoms with Crippen LogP contribution >= 0.6 is 0 Å². The molecule has 5 nitrogen and oxygen atoms in total. The summed E-state index contributed by atoms with van der Waals surface area (Å²) >= 11 is 0. The van der Waals surface area contributed by atoms with E-state index < -0.39 is 0 Å². The Morgan fingerprint density at radius 1 is 1.18 bits per heavy atom. The van der Waals surface area contributed by atoms with Crippen LogP contribution in [0.1, 0.15) is 64.0 Å². The summed E-state index contributed by atoms with van der Waals surface area (Å²) in [5.74, 6) is 3.17. The lowest BCUT2D eigenvalue weighted by Gasteiger charge is -2.42. The van der Waals surface area contributed by atoms with Crippen LogP contribution in [0.3, 0.4) is 0 Å². The van der Waals surface area contributed by atoms with E-state index in [1.807, 2.05) is 0 Å². The van der Waals surface area contributed by atoms with Crippen molar-refractivity contribution in [3.8, 4) is 0 Å². The van der Waals surface area contributed by atoms with E-state index in [2.05, 4.69) is 47.5 Å². The molecule has 1 saturated carbocycles. The van der Waals surface area contributed by atoms with Gasteiger partial charge >= 0.3 is 0 Å². The molecule has 124 valence electrons. The van der Waals surface area contributed by atoms with E-state index in [9.17, 15) is 5.11 Å². The van der Waals surface area contributed by atoms with E-state index in [0.29, 0.717) is 11.8 Å². The van der Waals surface area contributed by atoms with Crippen molar-refractivity contribution in [2.45, 2.75) is 65.0 Å². The van der Waals surface area contributed by atoms with Crippen LogP contribution < -0.4 is 0 Å². The number of β-amino-alcohol motifs (C(OH)–C–C–N with tert-alkyl or cyclic N) is 1. The maximum Gasteiger partial charge on any atom is 0.146 e. The van der Waals surface area contributed by atoms with Crippen molar-refractivity contribution < 1.29 is 5.11 Å². The molecule has 1 aromatic rings. The molecule has 1 saturated heterocycles. The molecule has 22 heavy (non-hydrogen) atoms. The summed E-state index contributed by atoms with van der Waals surface area (Å²) in [5, 5.41) is 19.3. The van der Waals surface area contributed by atoms with Crippen molar-refractivity contribution in [1.29, 1.82) is 0 Å². The van der Waals surface area contributed by atoms with Gasteiger partial charge in [0.2, 0.25) is 0 Å². The maximum atomic E-state index is 10.5. The topological polar surface area (TPSA) is 54.2 Å². The van der Waals surface area contributed by atoms with E-state index in [1.54, 1.807) is 0 Å². The molecular formula is C17H30N4O. The molecule has 1 N–H and O–H groups in total. The summed E-state index contributed by atoms with van der Waals surface area (Å²) in [5.41, 5.74) is 0.174. The van der Waals surface area contributed by atoms with Crippen LogP contribution in [0, 0.1) is 11.3 Å². The normalized spacial score (nSPS) is 27.9. The number of aliphatic hydroxyl groups excluding tert-OH is 1. The largest absolute Gasteiger partial charge is 0.391 e. The lowest BCUT2D eigenvalue weighted by molar-refractivity contribution is -0.0273. The second kappa shape index (κ2) is 5.93. The lowest BCUT2D eigenvalue weighted by Crippen LogP contribution is -2.47. The standard InChI is InChI=1S/C17H30N4O/c1-17(2,3)13-8-9-21(10-14(13)22)11-15-18-19-16(20(15)4)12-6-5-7-12/h12-14,22H,5-11H2,1-4H3. The van der Waals surface area contributed by atoms with Gasteiger partial charge in [-0.1, -0.05) is 27.2 Å². The summed E-state index contributed by atoms with van der Waals surface area (Å²) < 4.78 is 2.17. The molecule has 3 rings (SSSR count). The minimum atomic E-state index is -0.243. The zero-order valence-electron chi connectivity index (χ0n) is 14.4. The molecule has 0 radical (unpaired) electrons. The van der Waals surface area contributed by atoms with Crippen molar-refractivity contribution in [1.82, 2.24) is 19.7 Å². The molecule has 2 atom stereocenters. The van der Waals surface area contributed by atoms with E-state index in [4.69, 9.17) is 0 Å². The van der Waals surface area contributed by atoms with Gasteiger partial charge in [0, 0.05) is 19.5 Å². The third-order valence-electron chi connectivity index (χ3n) is 5.61. The highest BCUT2D eigenvalue weighted by Gasteiger charge is 2.36. The van der Waals surface area contributed by atoms with Gasteiger partial charge in [0.15, 0.2) is 0 Å². The molecule has 1 aliphatic heterocycles. The molecule has 5 heteroatoms. The van der Waals surface area contributed by atoms with Crippen LogP contribution in [0.15, 0.2) is 0 Å². The van der Waals surface area contributed by atoms with E-state index in [-0.39, 0.29) is 11.5 Å². The van der Waals surface area contributed by atoms with Gasteiger partial charge in [0.05, 0.1) is 12.6 Å². The highest BCUT2D eigenvalue weighted by atomic mass is 16.3. The van der Waals surface area contributed by atoms with Gasteiger partial charge in [-0.3, -0.25) is 4.90 Å². The average Bonchev–Trinajstić information content (AvgIpc) is 2.69. The minimum Gasteiger partial charge on any atom is -0.391 e. The Balaban J connectivity index is 1.62. The molecule has 2 unspecified atom stereocenters. The number of aromatic nitrogens is 3. The zero-order chi connectivity index (χ0) is 15.9. The van der Waals surface area contributed by atoms with E-state index in [0.717, 1.165) is 37.7 Å². The van der Waals surface area contributed by atoms with Gasteiger partial charge in [-0.15, -0.1) is 10.2 Å². The van der Waals surface area contributed by atoms with Gasteiger partial charge in [-0.05, 0) is 37.1 Å². The van der Waals surface area contributed by atoms with E-state index >= 15 is 0 Å². The third-order valence-corrected chi connectivity index (χ3v) is 5.61. The van der Waals surface area contributed by atoms with Crippen LogP contribution in [0.4, 0.5) is 0 Å². The fraction of sp³-hybridized carbons (Fsp3) is 0.882. The number of rotatable bonds is 3. The number of piperidine rings is 1. The Bertz CT molecular complexity index is 515. The summed E-state index contributed by atoms with van der Waals surface area (Å²) in [6.07, 6.45) is 4.63. The van der Waals surface area contributed by atoms with Crippen molar-refractivity contribution in [3.05, 3.63) is 11.6 Å². The molecule has 2 aliphatic rings. The molecule has 0 bridgehead atoms. The van der Waals surface area contributed by atoms with Crippen molar-refractivity contribution in [3.63, 3.8) is 0 Å². The molecule has 2 heterocycles. The third kappa shape index (κ3) is 3.06. The van der Waals surface area contributed by atoms with Gasteiger partial charge in [-0.2, -0.15) is 0 Å². The highest BCUT2D eigenvalue weighted by Crippen LogP contribution is 2.36. The number of nitrogens with zero attached hydrogens (tertiary/aromatic N) is 4. The molecule has 0 amide bonds. The zero-order valence-corrected chi connectivity index (χ0v) is 14.4. The van der Waals surface area contributed by atoms with Crippen molar-refractivity contribution in [2.75, 3.05) is 13.1 Å². The quantitative estimate of drug-likeness (QED) is 0.931. The summed E-state index contributed by atoms with van der Waals surface area (Å²) in [7, 11) is 2.08. The van der Waals surface area contributed by atoms with Crippen LogP contribution in [-0.4, -0.2) is 44.0 Å². The Morgan fingerprint density at radius 2 is 1.91 bits per heavy atom. The molecule has 0 aromatic carbocycles. The smallest absolute Gasteiger partial charge is 0.146 e. The van der Waals surface area contributed by atoms with Gasteiger partial charge in [-0.25, -0.2) is 0 Å². The predicted octanol–water partition coefficient (Wildman–Crippen LogP) is 2.31. The Kier molecular flexibility index (Phi) is 4.29. The number of aliphatic hydroxyl groups is 1. The second-order valence-electron chi connectivity index (χ2n) is 8.22. The number of likely N-dealkylation sites (tertiary alicyclic amines) is 1. The minimum absolute atomic E-state index is 0.174. The van der Waals surface area contributed by atoms with Crippen LogP contribution in [0.5, 0.6) is 0 Å². The first-order valence-corrected chi connectivity index (χ1v) is 8.65. The summed E-state index contributed by atoms with van der Waals surface area (Å²) in [6, 6.07) is 0. The fourth-order valence-corrected chi connectivity index (χ4v) is 3.89. The highest BCUT2D eigenvalue weighted by molar-refractivity contribution is 5.05. The van der Waals surface area contributed by atoms with E-state index in [1.165, 1.54) is 19.3 Å². The van der Waals surface area contributed by atoms with Gasteiger partial charge < -0.3 is 9.67 Å². The molecule has 1 aliphatic carbocycles. The van der Waals surface area contributed by atoms with Crippen molar-refractivity contribution in [2.24, 2.45) is 18.4 Å². The summed E-state index contributed by atoms with van der Waals surface area (Å²) in [4.78, 5) is 2.32. The Hall–Kier alpha value is -0.940. The van der Waals surface area contributed by atoms with Crippen molar-refractivity contribution >= 4 is 0 Å². The van der Waals surface area contributed by atoms with Crippen LogP contribution in [0.2, 0.25) is 0 Å². The molecule has 0 spiro atoms. The first kappa shape index (κ1) is 15.9. The fourth-order valence-electron chi connectivity index (χ4n) is 3.89. The Labute approximate surface area is 133 Å². The first-order valence-electron chi connectivity index (χ1n) is 8.65. The molecule has 1 aromatic heterocycles. The van der Waals surface area contributed by atoms with Crippen LogP contribution in [-0.2, 0) is 13.6 Å². The average molecular weight is 306 g/mol. The molecular weight excluding hydrogens is 276 g/mol. The number of hydrogen-bond donors (Lipinski definition) is 1. The van der Waals surface area contributed by atoms with Gasteiger partial charge in [0.1, 0.15) is 11.6 Å². The Morgan fingerprint density at radius 3 is 2.45 bits per heavy atom. The monoisotopic (exact) mass is 306 g/mol. The first-order chi connectivity index (χ1) is 10.4. The predicted molar refractivity (Wildman–Crippen MR) is 86.4 cm³/mol. The van der Waals surface area contributed by atoms with Crippen LogP contribution in [0.25, 0.3) is 0 Å².